The Hall–Kier alpha value is -0.0700. The number of amides is 1. The number of nitrogens with one attached hydrogen (secondary N) is 1. The molecular formula is C16H33Cl2N3O2. The zero-order valence-electron chi connectivity index (χ0n) is 14.5. The van der Waals surface area contributed by atoms with E-state index in [1.54, 1.807) is 0 Å². The van der Waals surface area contributed by atoms with Crippen LogP contribution in [0.1, 0.15) is 39.5 Å². The molecule has 0 aromatic heterocycles. The SMILES string of the molecule is CCOCCN1CCN(C(=O)[C@H]2CCCCN2)CC1CC.Cl.Cl. The third-order valence-corrected chi connectivity index (χ3v) is 4.72. The van der Waals surface area contributed by atoms with Gasteiger partial charge in [0.15, 0.2) is 0 Å². The van der Waals surface area contributed by atoms with Crippen LogP contribution in [0.5, 0.6) is 0 Å². The minimum atomic E-state index is 0. The van der Waals surface area contributed by atoms with Crippen LogP contribution in [-0.2, 0) is 9.53 Å². The maximum absolute atomic E-state index is 12.6. The van der Waals surface area contributed by atoms with E-state index >= 15 is 0 Å². The van der Waals surface area contributed by atoms with Crippen molar-refractivity contribution in [3.63, 3.8) is 0 Å². The smallest absolute Gasteiger partial charge is 0.239 e. The Balaban J connectivity index is 0.00000242. The molecule has 0 bridgehead atoms. The number of halogens is 2. The minimum absolute atomic E-state index is 0. The predicted octanol–water partition coefficient (Wildman–Crippen LogP) is 1.93. The largest absolute Gasteiger partial charge is 0.380 e. The first-order chi connectivity index (χ1) is 10.3. The zero-order valence-corrected chi connectivity index (χ0v) is 16.1. The second kappa shape index (κ2) is 12.3. The lowest BCUT2D eigenvalue weighted by molar-refractivity contribution is -0.137. The fraction of sp³-hybridized carbons (Fsp3) is 0.938. The van der Waals surface area contributed by atoms with Crippen molar-refractivity contribution in [1.29, 1.82) is 0 Å². The first kappa shape index (κ1) is 22.9. The predicted molar refractivity (Wildman–Crippen MR) is 98.9 cm³/mol. The highest BCUT2D eigenvalue weighted by Crippen LogP contribution is 2.16. The first-order valence-electron chi connectivity index (χ1n) is 8.60. The van der Waals surface area contributed by atoms with E-state index in [-0.39, 0.29) is 30.9 Å². The Morgan fingerprint density at radius 2 is 2.00 bits per heavy atom. The van der Waals surface area contributed by atoms with Crippen LogP contribution >= 0.6 is 24.8 Å². The summed E-state index contributed by atoms with van der Waals surface area (Å²) in [7, 11) is 0. The van der Waals surface area contributed by atoms with Gasteiger partial charge in [-0.25, -0.2) is 0 Å². The van der Waals surface area contributed by atoms with E-state index < -0.39 is 0 Å². The standard InChI is InChI=1S/C16H31N3O2.2ClH/c1-3-14-13-19(10-9-18(14)11-12-21-4-2)16(20)15-7-5-6-8-17-15;;/h14-15,17H,3-13H2,1-2H3;2*1H/t14?,15-;;/m1../s1. The molecule has 2 rings (SSSR count). The van der Waals surface area contributed by atoms with Gasteiger partial charge in [0.2, 0.25) is 5.91 Å². The van der Waals surface area contributed by atoms with E-state index in [0.29, 0.717) is 11.9 Å². The van der Waals surface area contributed by atoms with Gasteiger partial charge >= 0.3 is 0 Å². The van der Waals surface area contributed by atoms with Gasteiger partial charge in [0.25, 0.3) is 0 Å². The molecule has 2 aliphatic heterocycles. The Morgan fingerprint density at radius 1 is 1.22 bits per heavy atom. The lowest BCUT2D eigenvalue weighted by Crippen LogP contribution is -2.58. The number of hydrogen-bond acceptors (Lipinski definition) is 4. The molecule has 0 aromatic rings. The fourth-order valence-electron chi connectivity index (χ4n) is 3.38. The molecule has 0 aromatic carbocycles. The summed E-state index contributed by atoms with van der Waals surface area (Å²) in [6, 6.07) is 0.540. The molecule has 23 heavy (non-hydrogen) atoms. The lowest BCUT2D eigenvalue weighted by Gasteiger charge is -2.42. The van der Waals surface area contributed by atoms with Crippen LogP contribution in [0, 0.1) is 0 Å². The van der Waals surface area contributed by atoms with Crippen molar-refractivity contribution in [2.75, 3.05) is 45.9 Å². The molecule has 0 saturated carbocycles. The molecule has 1 N–H and O–H groups in total. The van der Waals surface area contributed by atoms with Gasteiger partial charge in [0.05, 0.1) is 12.6 Å². The number of hydrogen-bond donors (Lipinski definition) is 1. The van der Waals surface area contributed by atoms with E-state index in [2.05, 4.69) is 22.0 Å². The molecule has 2 saturated heterocycles. The highest BCUT2D eigenvalue weighted by Gasteiger charge is 2.32. The molecule has 2 atom stereocenters. The van der Waals surface area contributed by atoms with Gasteiger partial charge in [-0.05, 0) is 32.7 Å². The van der Waals surface area contributed by atoms with Crippen LogP contribution in [0.4, 0.5) is 0 Å². The van der Waals surface area contributed by atoms with Crippen molar-refractivity contribution < 1.29 is 9.53 Å². The summed E-state index contributed by atoms with van der Waals surface area (Å²) in [5.41, 5.74) is 0. The van der Waals surface area contributed by atoms with Crippen molar-refractivity contribution in [3.8, 4) is 0 Å². The minimum Gasteiger partial charge on any atom is -0.380 e. The number of nitrogens with zero attached hydrogens (tertiary/aromatic N) is 2. The van der Waals surface area contributed by atoms with E-state index in [1.165, 1.54) is 12.8 Å². The lowest BCUT2D eigenvalue weighted by atomic mass is 10.0. The Bertz CT molecular complexity index is 328. The van der Waals surface area contributed by atoms with Gasteiger partial charge in [-0.3, -0.25) is 9.69 Å². The summed E-state index contributed by atoms with van der Waals surface area (Å²) < 4.78 is 5.47. The summed E-state index contributed by atoms with van der Waals surface area (Å²) in [6.07, 6.45) is 4.47. The number of ether oxygens (including phenoxy) is 1. The number of carbonyl (C=O) groups is 1. The average Bonchev–Trinajstić information content (AvgIpc) is 2.55. The summed E-state index contributed by atoms with van der Waals surface area (Å²) in [5, 5.41) is 3.38. The third kappa shape index (κ3) is 6.75. The number of piperidine rings is 1. The van der Waals surface area contributed by atoms with Crippen LogP contribution in [0.15, 0.2) is 0 Å². The van der Waals surface area contributed by atoms with Crippen LogP contribution in [0.3, 0.4) is 0 Å². The average molecular weight is 370 g/mol. The molecule has 7 heteroatoms. The van der Waals surface area contributed by atoms with Gasteiger partial charge in [-0.15, -0.1) is 24.8 Å². The van der Waals surface area contributed by atoms with Crippen molar-refractivity contribution in [1.82, 2.24) is 15.1 Å². The fourth-order valence-corrected chi connectivity index (χ4v) is 3.38. The van der Waals surface area contributed by atoms with E-state index in [1.807, 2.05) is 6.92 Å². The van der Waals surface area contributed by atoms with Crippen LogP contribution in [0.2, 0.25) is 0 Å². The molecular weight excluding hydrogens is 337 g/mol. The monoisotopic (exact) mass is 369 g/mol. The highest BCUT2D eigenvalue weighted by atomic mass is 35.5. The third-order valence-electron chi connectivity index (χ3n) is 4.72. The van der Waals surface area contributed by atoms with Crippen molar-refractivity contribution in [2.45, 2.75) is 51.6 Å². The molecule has 1 unspecified atom stereocenters. The van der Waals surface area contributed by atoms with Gasteiger partial charge in [0.1, 0.15) is 0 Å². The highest BCUT2D eigenvalue weighted by molar-refractivity contribution is 5.85. The Morgan fingerprint density at radius 3 is 2.61 bits per heavy atom. The maximum atomic E-state index is 12.6. The quantitative estimate of drug-likeness (QED) is 0.726. The molecule has 2 heterocycles. The van der Waals surface area contributed by atoms with E-state index in [4.69, 9.17) is 4.74 Å². The van der Waals surface area contributed by atoms with E-state index in [0.717, 1.165) is 58.8 Å². The van der Waals surface area contributed by atoms with Gasteiger partial charge < -0.3 is 15.0 Å². The van der Waals surface area contributed by atoms with E-state index in [9.17, 15) is 4.79 Å². The summed E-state index contributed by atoms with van der Waals surface area (Å²) in [6.45, 7) is 10.5. The number of piperazine rings is 1. The molecule has 138 valence electrons. The van der Waals surface area contributed by atoms with Gasteiger partial charge in [0, 0.05) is 38.8 Å². The van der Waals surface area contributed by atoms with Crippen LogP contribution < -0.4 is 5.32 Å². The van der Waals surface area contributed by atoms with Crippen molar-refractivity contribution in [2.24, 2.45) is 0 Å². The summed E-state index contributed by atoms with van der Waals surface area (Å²) in [4.78, 5) is 17.2. The molecule has 0 spiro atoms. The van der Waals surface area contributed by atoms with Crippen LogP contribution in [-0.4, -0.2) is 73.7 Å². The number of rotatable bonds is 6. The normalized spacial score (nSPS) is 25.4. The molecule has 0 radical (unpaired) electrons. The van der Waals surface area contributed by atoms with Crippen molar-refractivity contribution in [3.05, 3.63) is 0 Å². The molecule has 2 fully saturated rings. The summed E-state index contributed by atoms with van der Waals surface area (Å²) >= 11 is 0. The summed E-state index contributed by atoms with van der Waals surface area (Å²) in [5.74, 6) is 0.317. The van der Waals surface area contributed by atoms with Gasteiger partial charge in [-0.1, -0.05) is 13.3 Å². The first-order valence-corrected chi connectivity index (χ1v) is 8.60. The topological polar surface area (TPSA) is 44.8 Å². The number of carbonyl (C=O) groups excluding carboxylic acids is 1. The van der Waals surface area contributed by atoms with Crippen LogP contribution in [0.25, 0.3) is 0 Å². The molecule has 0 aliphatic carbocycles. The molecule has 5 nitrogen and oxygen atoms in total. The Kier molecular flexibility index (Phi) is 12.3. The molecule has 1 amide bonds. The second-order valence-corrected chi connectivity index (χ2v) is 6.08. The van der Waals surface area contributed by atoms with Gasteiger partial charge in [-0.2, -0.15) is 0 Å². The maximum Gasteiger partial charge on any atom is 0.239 e. The zero-order chi connectivity index (χ0) is 15.1. The Labute approximate surface area is 153 Å². The van der Waals surface area contributed by atoms with Crippen molar-refractivity contribution >= 4 is 30.7 Å². The molecule has 2 aliphatic rings. The second-order valence-electron chi connectivity index (χ2n) is 6.08.